The van der Waals surface area contributed by atoms with Crippen molar-refractivity contribution in [3.8, 4) is 5.75 Å². The summed E-state index contributed by atoms with van der Waals surface area (Å²) in [6.45, 7) is 2.40. The average Bonchev–Trinajstić information content (AvgIpc) is 2.99. The third-order valence-electron chi connectivity index (χ3n) is 4.04. The topological polar surface area (TPSA) is 72.4 Å². The Hall–Kier alpha value is -3.28. The molecule has 26 heavy (non-hydrogen) atoms. The zero-order chi connectivity index (χ0) is 18.5. The summed E-state index contributed by atoms with van der Waals surface area (Å²) in [7, 11) is 1.83. The Morgan fingerprint density at radius 3 is 2.50 bits per heavy atom. The molecule has 134 valence electrons. The molecule has 0 fully saturated rings. The Kier molecular flexibility index (Phi) is 5.22. The Morgan fingerprint density at radius 1 is 1.08 bits per heavy atom. The molecule has 0 saturated carbocycles. The molecule has 2 amide bonds. The third-order valence-corrected chi connectivity index (χ3v) is 4.04. The van der Waals surface area contributed by atoms with Gasteiger partial charge in [0.2, 0.25) is 5.91 Å². The molecule has 0 aliphatic heterocycles. The van der Waals surface area contributed by atoms with Crippen LogP contribution in [0.4, 0.5) is 5.69 Å². The van der Waals surface area contributed by atoms with Crippen LogP contribution in [-0.4, -0.2) is 29.5 Å². The number of benzene rings is 2. The molecule has 0 radical (unpaired) electrons. The van der Waals surface area contributed by atoms with E-state index >= 15 is 0 Å². The number of ether oxygens (including phenoxy) is 1. The highest BCUT2D eigenvalue weighted by molar-refractivity contribution is 6.01. The van der Waals surface area contributed by atoms with Gasteiger partial charge in [-0.1, -0.05) is 18.2 Å². The van der Waals surface area contributed by atoms with Crippen LogP contribution in [0.1, 0.15) is 17.4 Å². The lowest BCUT2D eigenvalue weighted by molar-refractivity contribution is -0.115. The van der Waals surface area contributed by atoms with E-state index < -0.39 is 0 Å². The van der Waals surface area contributed by atoms with E-state index in [0.29, 0.717) is 18.0 Å². The van der Waals surface area contributed by atoms with E-state index in [-0.39, 0.29) is 18.4 Å². The first-order valence-electron chi connectivity index (χ1n) is 8.44. The number of amides is 2. The van der Waals surface area contributed by atoms with Crippen molar-refractivity contribution in [3.63, 3.8) is 0 Å². The molecule has 0 spiro atoms. The molecule has 0 atom stereocenters. The van der Waals surface area contributed by atoms with Crippen molar-refractivity contribution in [3.05, 3.63) is 60.3 Å². The molecule has 0 aliphatic carbocycles. The van der Waals surface area contributed by atoms with Crippen LogP contribution in [0.2, 0.25) is 0 Å². The lowest BCUT2D eigenvalue weighted by Crippen LogP contribution is -2.33. The zero-order valence-corrected chi connectivity index (χ0v) is 14.8. The van der Waals surface area contributed by atoms with Gasteiger partial charge in [0.25, 0.3) is 5.91 Å². The molecular formula is C20H21N3O3. The van der Waals surface area contributed by atoms with Crippen LogP contribution < -0.4 is 15.4 Å². The first-order chi connectivity index (χ1) is 12.6. The van der Waals surface area contributed by atoms with Gasteiger partial charge >= 0.3 is 0 Å². The van der Waals surface area contributed by atoms with Crippen molar-refractivity contribution in [1.82, 2.24) is 9.88 Å². The van der Waals surface area contributed by atoms with Crippen molar-refractivity contribution < 1.29 is 14.3 Å². The van der Waals surface area contributed by atoms with Crippen LogP contribution in [0.3, 0.4) is 0 Å². The molecular weight excluding hydrogens is 330 g/mol. The Balaban J connectivity index is 1.58. The largest absolute Gasteiger partial charge is 0.494 e. The maximum Gasteiger partial charge on any atom is 0.268 e. The molecule has 2 aromatic carbocycles. The van der Waals surface area contributed by atoms with Gasteiger partial charge in [0, 0.05) is 23.6 Å². The fraction of sp³-hybridized carbons (Fsp3) is 0.200. The first-order valence-corrected chi connectivity index (χ1v) is 8.44. The molecule has 0 unspecified atom stereocenters. The highest BCUT2D eigenvalue weighted by atomic mass is 16.5. The second kappa shape index (κ2) is 7.74. The smallest absolute Gasteiger partial charge is 0.268 e. The summed E-state index contributed by atoms with van der Waals surface area (Å²) >= 11 is 0. The quantitative estimate of drug-likeness (QED) is 0.717. The predicted octanol–water partition coefficient (Wildman–Crippen LogP) is 2.95. The monoisotopic (exact) mass is 351 g/mol. The van der Waals surface area contributed by atoms with Gasteiger partial charge in [0.15, 0.2) is 0 Å². The van der Waals surface area contributed by atoms with E-state index in [1.807, 2.05) is 48.9 Å². The number of carbonyl (C=O) groups excluding carboxylic acids is 2. The average molecular weight is 351 g/mol. The summed E-state index contributed by atoms with van der Waals surface area (Å²) in [4.78, 5) is 24.4. The molecule has 0 bridgehead atoms. The van der Waals surface area contributed by atoms with Gasteiger partial charge in [-0.25, -0.2) is 0 Å². The summed E-state index contributed by atoms with van der Waals surface area (Å²) in [6.07, 6.45) is 0. The van der Waals surface area contributed by atoms with Crippen LogP contribution in [-0.2, 0) is 11.8 Å². The SMILES string of the molecule is CCOc1ccc(NC(=O)CNC(=O)c2cc3ccccc3n2C)cc1. The second-order valence-electron chi connectivity index (χ2n) is 5.84. The van der Waals surface area contributed by atoms with Crippen LogP contribution in [0.25, 0.3) is 10.9 Å². The minimum Gasteiger partial charge on any atom is -0.494 e. The van der Waals surface area contributed by atoms with Crippen molar-refractivity contribution in [2.45, 2.75) is 6.92 Å². The van der Waals surface area contributed by atoms with Crippen molar-refractivity contribution in [2.24, 2.45) is 7.05 Å². The lowest BCUT2D eigenvalue weighted by atomic mass is 10.2. The molecule has 3 rings (SSSR count). The Bertz CT molecular complexity index is 929. The number of aromatic nitrogens is 1. The van der Waals surface area contributed by atoms with Gasteiger partial charge in [-0.3, -0.25) is 9.59 Å². The molecule has 3 aromatic rings. The van der Waals surface area contributed by atoms with E-state index in [9.17, 15) is 9.59 Å². The molecule has 0 saturated heterocycles. The Labute approximate surface area is 151 Å². The fourth-order valence-corrected chi connectivity index (χ4v) is 2.76. The Morgan fingerprint density at radius 2 is 1.81 bits per heavy atom. The van der Waals surface area contributed by atoms with Gasteiger partial charge in [-0.05, 0) is 43.3 Å². The number of hydrogen-bond donors (Lipinski definition) is 2. The van der Waals surface area contributed by atoms with E-state index in [1.54, 1.807) is 24.3 Å². The van der Waals surface area contributed by atoms with E-state index in [2.05, 4.69) is 10.6 Å². The standard InChI is InChI=1S/C20H21N3O3/c1-3-26-16-10-8-15(9-11-16)22-19(24)13-21-20(25)18-12-14-6-4-5-7-17(14)23(18)2/h4-12H,3,13H2,1-2H3,(H,21,25)(H,22,24). The van der Waals surface area contributed by atoms with E-state index in [1.165, 1.54) is 0 Å². The predicted molar refractivity (Wildman–Crippen MR) is 101 cm³/mol. The minimum atomic E-state index is -0.290. The highest BCUT2D eigenvalue weighted by Gasteiger charge is 2.14. The molecule has 0 aliphatic rings. The number of anilines is 1. The number of para-hydroxylation sites is 1. The molecule has 1 heterocycles. The number of rotatable bonds is 6. The summed E-state index contributed by atoms with van der Waals surface area (Å²) in [5.41, 5.74) is 2.13. The maximum absolute atomic E-state index is 12.4. The number of nitrogens with one attached hydrogen (secondary N) is 2. The normalized spacial score (nSPS) is 10.5. The maximum atomic E-state index is 12.4. The van der Waals surface area contributed by atoms with Crippen molar-refractivity contribution in [2.75, 3.05) is 18.5 Å². The number of aryl methyl sites for hydroxylation is 1. The van der Waals surface area contributed by atoms with Gasteiger partial charge < -0.3 is 19.9 Å². The van der Waals surface area contributed by atoms with Crippen LogP contribution in [0.5, 0.6) is 5.75 Å². The highest BCUT2D eigenvalue weighted by Crippen LogP contribution is 2.18. The van der Waals surface area contributed by atoms with Crippen molar-refractivity contribution >= 4 is 28.4 Å². The number of fused-ring (bicyclic) bond motifs is 1. The van der Waals surface area contributed by atoms with Gasteiger partial charge in [-0.15, -0.1) is 0 Å². The van der Waals surface area contributed by atoms with Crippen LogP contribution in [0.15, 0.2) is 54.6 Å². The molecule has 6 nitrogen and oxygen atoms in total. The van der Waals surface area contributed by atoms with Gasteiger partial charge in [0.1, 0.15) is 11.4 Å². The first kappa shape index (κ1) is 17.5. The summed E-state index contributed by atoms with van der Waals surface area (Å²) in [5.74, 6) is 0.168. The number of nitrogens with zero attached hydrogens (tertiary/aromatic N) is 1. The zero-order valence-electron chi connectivity index (χ0n) is 14.8. The summed E-state index contributed by atoms with van der Waals surface area (Å²) < 4.78 is 7.17. The van der Waals surface area contributed by atoms with Crippen molar-refractivity contribution in [1.29, 1.82) is 0 Å². The third kappa shape index (κ3) is 3.85. The molecule has 6 heteroatoms. The summed E-state index contributed by atoms with van der Waals surface area (Å²) in [6, 6.07) is 16.6. The van der Waals surface area contributed by atoms with Crippen LogP contribution >= 0.6 is 0 Å². The number of hydrogen-bond acceptors (Lipinski definition) is 3. The van der Waals surface area contributed by atoms with Gasteiger partial charge in [-0.2, -0.15) is 0 Å². The second-order valence-corrected chi connectivity index (χ2v) is 5.84. The fourth-order valence-electron chi connectivity index (χ4n) is 2.76. The molecule has 2 N–H and O–H groups in total. The van der Waals surface area contributed by atoms with Gasteiger partial charge in [0.05, 0.1) is 13.2 Å². The van der Waals surface area contributed by atoms with E-state index in [4.69, 9.17) is 4.74 Å². The number of carbonyl (C=O) groups is 2. The molecule has 1 aromatic heterocycles. The lowest BCUT2D eigenvalue weighted by Gasteiger charge is -2.09. The summed E-state index contributed by atoms with van der Waals surface area (Å²) in [5, 5.41) is 6.38. The van der Waals surface area contributed by atoms with Crippen LogP contribution in [0, 0.1) is 0 Å². The minimum absolute atomic E-state index is 0.104. The van der Waals surface area contributed by atoms with E-state index in [0.717, 1.165) is 16.7 Å².